The van der Waals surface area contributed by atoms with Gasteiger partial charge in [-0.2, -0.15) is 0 Å². The number of nitrogens with one attached hydrogen (secondary N) is 1. The topological polar surface area (TPSA) is 12.0 Å². The van der Waals surface area contributed by atoms with Gasteiger partial charge < -0.3 is 5.32 Å². The summed E-state index contributed by atoms with van der Waals surface area (Å²) in [7, 11) is 0. The van der Waals surface area contributed by atoms with Gasteiger partial charge in [0.15, 0.2) is 0 Å². The van der Waals surface area contributed by atoms with Gasteiger partial charge in [-0.05, 0) is 36.6 Å². The summed E-state index contributed by atoms with van der Waals surface area (Å²) < 4.78 is 0. The Morgan fingerprint density at radius 2 is 2.13 bits per heavy atom. The molecular formula is C12H15Cl2N. The maximum Gasteiger partial charge on any atom is 0.0595 e. The lowest BCUT2D eigenvalue weighted by Crippen LogP contribution is -2.17. The summed E-state index contributed by atoms with van der Waals surface area (Å²) in [5.74, 6) is 0.724. The number of rotatable bonds is 2. The van der Waals surface area contributed by atoms with E-state index in [0.717, 1.165) is 12.5 Å². The molecule has 15 heavy (non-hydrogen) atoms. The van der Waals surface area contributed by atoms with Crippen molar-refractivity contribution in [3.05, 3.63) is 33.8 Å². The number of hydrogen-bond donors (Lipinski definition) is 1. The molecule has 1 heterocycles. The molecule has 3 heteroatoms. The van der Waals surface area contributed by atoms with Gasteiger partial charge in [-0.3, -0.25) is 0 Å². The Balaban J connectivity index is 2.25. The van der Waals surface area contributed by atoms with E-state index < -0.39 is 0 Å². The molecule has 0 aromatic heterocycles. The van der Waals surface area contributed by atoms with Gasteiger partial charge in [0.1, 0.15) is 0 Å². The molecule has 1 aromatic carbocycles. The standard InChI is InChI=1S/C12H15Cl2N/c1-2-8-5-6-15-12(8)9-3-4-10(13)11(14)7-9/h3-4,7-8,12,15H,2,5-6H2,1H3. The summed E-state index contributed by atoms with van der Waals surface area (Å²) in [6.45, 7) is 3.34. The zero-order valence-corrected chi connectivity index (χ0v) is 10.3. The highest BCUT2D eigenvalue weighted by atomic mass is 35.5. The van der Waals surface area contributed by atoms with Gasteiger partial charge in [0.2, 0.25) is 0 Å². The third kappa shape index (κ3) is 2.30. The SMILES string of the molecule is CCC1CCNC1c1ccc(Cl)c(Cl)c1. The lowest BCUT2D eigenvalue weighted by atomic mass is 9.92. The highest BCUT2D eigenvalue weighted by Gasteiger charge is 2.26. The van der Waals surface area contributed by atoms with Crippen LogP contribution in [0.3, 0.4) is 0 Å². The average molecular weight is 244 g/mol. The third-order valence-corrected chi connectivity index (χ3v) is 3.92. The smallest absolute Gasteiger partial charge is 0.0595 e. The van der Waals surface area contributed by atoms with Gasteiger partial charge in [0, 0.05) is 6.04 Å². The molecule has 0 radical (unpaired) electrons. The fraction of sp³-hybridized carbons (Fsp3) is 0.500. The molecule has 0 aliphatic carbocycles. The van der Waals surface area contributed by atoms with Crippen molar-refractivity contribution < 1.29 is 0 Å². The second-order valence-electron chi connectivity index (χ2n) is 4.06. The number of halogens is 2. The minimum atomic E-state index is 0.449. The molecule has 0 spiro atoms. The minimum Gasteiger partial charge on any atom is -0.310 e. The molecule has 2 atom stereocenters. The van der Waals surface area contributed by atoms with Crippen LogP contribution in [0.25, 0.3) is 0 Å². The zero-order chi connectivity index (χ0) is 10.8. The maximum absolute atomic E-state index is 6.02. The van der Waals surface area contributed by atoms with Crippen LogP contribution in [0.1, 0.15) is 31.4 Å². The van der Waals surface area contributed by atoms with Crippen LogP contribution in [0, 0.1) is 5.92 Å². The van der Waals surface area contributed by atoms with Gasteiger partial charge in [-0.15, -0.1) is 0 Å². The Labute approximate surface area is 101 Å². The van der Waals surface area contributed by atoms with Crippen molar-refractivity contribution in [2.24, 2.45) is 5.92 Å². The van der Waals surface area contributed by atoms with Crippen LogP contribution in [0.2, 0.25) is 10.0 Å². The molecular weight excluding hydrogens is 229 g/mol. The molecule has 1 aliphatic rings. The van der Waals surface area contributed by atoms with E-state index >= 15 is 0 Å². The maximum atomic E-state index is 6.02. The van der Waals surface area contributed by atoms with E-state index in [1.807, 2.05) is 12.1 Å². The van der Waals surface area contributed by atoms with Crippen molar-refractivity contribution in [1.82, 2.24) is 5.32 Å². The lowest BCUT2D eigenvalue weighted by molar-refractivity contribution is 0.449. The molecule has 0 amide bonds. The van der Waals surface area contributed by atoms with Crippen molar-refractivity contribution in [3.8, 4) is 0 Å². The molecule has 1 saturated heterocycles. The Morgan fingerprint density at radius 3 is 2.80 bits per heavy atom. The number of benzene rings is 1. The molecule has 1 nitrogen and oxygen atoms in total. The monoisotopic (exact) mass is 243 g/mol. The highest BCUT2D eigenvalue weighted by Crippen LogP contribution is 2.34. The fourth-order valence-corrected chi connectivity index (χ4v) is 2.60. The summed E-state index contributed by atoms with van der Waals surface area (Å²) in [6, 6.07) is 6.38. The second-order valence-corrected chi connectivity index (χ2v) is 4.88. The molecule has 82 valence electrons. The van der Waals surface area contributed by atoms with Crippen LogP contribution >= 0.6 is 23.2 Å². The van der Waals surface area contributed by atoms with Crippen molar-refractivity contribution in [1.29, 1.82) is 0 Å². The van der Waals surface area contributed by atoms with Crippen molar-refractivity contribution >= 4 is 23.2 Å². The molecule has 2 rings (SSSR count). The first-order valence-corrected chi connectivity index (χ1v) is 6.16. The lowest BCUT2D eigenvalue weighted by Gasteiger charge is -2.18. The first-order chi connectivity index (χ1) is 7.22. The summed E-state index contributed by atoms with van der Waals surface area (Å²) in [6.07, 6.45) is 2.46. The molecule has 1 N–H and O–H groups in total. The summed E-state index contributed by atoms with van der Waals surface area (Å²) in [5, 5.41) is 4.80. The van der Waals surface area contributed by atoms with Gasteiger partial charge >= 0.3 is 0 Å². The van der Waals surface area contributed by atoms with Gasteiger partial charge in [-0.1, -0.05) is 42.6 Å². The molecule has 1 fully saturated rings. The van der Waals surface area contributed by atoms with Crippen LogP contribution in [-0.4, -0.2) is 6.54 Å². The largest absolute Gasteiger partial charge is 0.310 e. The third-order valence-electron chi connectivity index (χ3n) is 3.18. The van der Waals surface area contributed by atoms with Crippen LogP contribution in [0.5, 0.6) is 0 Å². The first kappa shape index (κ1) is 11.3. The van der Waals surface area contributed by atoms with Crippen molar-refractivity contribution in [2.75, 3.05) is 6.54 Å². The minimum absolute atomic E-state index is 0.449. The first-order valence-electron chi connectivity index (χ1n) is 5.40. The molecule has 1 aliphatic heterocycles. The normalized spacial score (nSPS) is 25.8. The zero-order valence-electron chi connectivity index (χ0n) is 8.76. The summed E-state index contributed by atoms with van der Waals surface area (Å²) >= 11 is 11.9. The number of hydrogen-bond acceptors (Lipinski definition) is 1. The van der Waals surface area contributed by atoms with Crippen LogP contribution in [-0.2, 0) is 0 Å². The van der Waals surface area contributed by atoms with Crippen molar-refractivity contribution in [2.45, 2.75) is 25.8 Å². The van der Waals surface area contributed by atoms with Crippen LogP contribution in [0.4, 0.5) is 0 Å². The molecule has 0 saturated carbocycles. The molecule has 0 bridgehead atoms. The van der Waals surface area contributed by atoms with Gasteiger partial charge in [0.25, 0.3) is 0 Å². The van der Waals surface area contributed by atoms with E-state index in [1.54, 1.807) is 0 Å². The average Bonchev–Trinajstić information content (AvgIpc) is 2.70. The van der Waals surface area contributed by atoms with E-state index in [1.165, 1.54) is 18.4 Å². The Bertz CT molecular complexity index is 351. The van der Waals surface area contributed by atoms with Gasteiger partial charge in [-0.25, -0.2) is 0 Å². The van der Waals surface area contributed by atoms with E-state index in [-0.39, 0.29) is 0 Å². The fourth-order valence-electron chi connectivity index (χ4n) is 2.29. The van der Waals surface area contributed by atoms with Gasteiger partial charge in [0.05, 0.1) is 10.0 Å². The Morgan fingerprint density at radius 1 is 1.33 bits per heavy atom. The molecule has 2 unspecified atom stereocenters. The van der Waals surface area contributed by atoms with Crippen LogP contribution in [0.15, 0.2) is 18.2 Å². The van der Waals surface area contributed by atoms with E-state index in [0.29, 0.717) is 16.1 Å². The molecule has 1 aromatic rings. The quantitative estimate of drug-likeness (QED) is 0.827. The summed E-state index contributed by atoms with van der Waals surface area (Å²) in [5.41, 5.74) is 1.26. The van der Waals surface area contributed by atoms with Crippen LogP contribution < -0.4 is 5.32 Å². The predicted octanol–water partition coefficient (Wildman–Crippen LogP) is 4.05. The predicted molar refractivity (Wildman–Crippen MR) is 65.6 cm³/mol. The summed E-state index contributed by atoms with van der Waals surface area (Å²) in [4.78, 5) is 0. The van der Waals surface area contributed by atoms with E-state index in [4.69, 9.17) is 23.2 Å². The van der Waals surface area contributed by atoms with Crippen molar-refractivity contribution in [3.63, 3.8) is 0 Å². The Hall–Kier alpha value is -0.240. The second kappa shape index (κ2) is 4.73. The Kier molecular flexibility index (Phi) is 3.55. The van der Waals surface area contributed by atoms with E-state index in [2.05, 4.69) is 18.3 Å². The van der Waals surface area contributed by atoms with E-state index in [9.17, 15) is 0 Å². The highest BCUT2D eigenvalue weighted by molar-refractivity contribution is 6.42.